The standard InChI is InChI=1S/C24H42N4O7/c1-9-18-23(6,27-15(2)29)24(7,35-16(3)30)22(4,5)20(34-18)21(33)26-14-17(31)12-10-11-13-19(32)28-25-8/h18,20,25H,9-14H2,1-8H3,(H,26,33)(H,27,29)(H,28,32)/t18-,20?,23?,24+/m1/s1. The Hall–Kier alpha value is -2.53. The fourth-order valence-electron chi connectivity index (χ4n) is 4.86. The van der Waals surface area contributed by atoms with Gasteiger partial charge in [-0.1, -0.05) is 20.8 Å². The number of nitrogens with one attached hydrogen (secondary N) is 4. The number of hydrogen-bond acceptors (Lipinski definition) is 8. The third-order valence-electron chi connectivity index (χ3n) is 7.05. The molecular weight excluding hydrogens is 456 g/mol. The molecule has 2 unspecified atom stereocenters. The summed E-state index contributed by atoms with van der Waals surface area (Å²) >= 11 is 0. The number of ketones is 1. The van der Waals surface area contributed by atoms with Crippen molar-refractivity contribution in [2.75, 3.05) is 13.6 Å². The molecule has 35 heavy (non-hydrogen) atoms. The van der Waals surface area contributed by atoms with Gasteiger partial charge in [0.2, 0.25) is 17.7 Å². The average molecular weight is 499 g/mol. The van der Waals surface area contributed by atoms with E-state index in [0.717, 1.165) is 0 Å². The minimum absolute atomic E-state index is 0.155. The third kappa shape index (κ3) is 7.00. The summed E-state index contributed by atoms with van der Waals surface area (Å²) < 4.78 is 12.0. The van der Waals surface area contributed by atoms with E-state index in [4.69, 9.17) is 9.47 Å². The fourth-order valence-corrected chi connectivity index (χ4v) is 4.86. The van der Waals surface area contributed by atoms with E-state index in [-0.39, 0.29) is 30.6 Å². The van der Waals surface area contributed by atoms with Crippen LogP contribution in [0.1, 0.15) is 80.6 Å². The van der Waals surface area contributed by atoms with Crippen molar-refractivity contribution < 1.29 is 33.4 Å². The molecule has 200 valence electrons. The van der Waals surface area contributed by atoms with E-state index in [9.17, 15) is 24.0 Å². The molecule has 0 aromatic rings. The van der Waals surface area contributed by atoms with Gasteiger partial charge in [-0.3, -0.25) is 29.4 Å². The topological polar surface area (TPSA) is 152 Å². The molecule has 0 saturated carbocycles. The van der Waals surface area contributed by atoms with Gasteiger partial charge in [-0.05, 0) is 33.1 Å². The van der Waals surface area contributed by atoms with E-state index in [1.807, 2.05) is 6.92 Å². The Bertz CT molecular complexity index is 816. The molecule has 0 bridgehead atoms. The van der Waals surface area contributed by atoms with Crippen LogP contribution in [0, 0.1) is 5.41 Å². The van der Waals surface area contributed by atoms with Gasteiger partial charge in [0.1, 0.15) is 17.2 Å². The largest absolute Gasteiger partial charge is 0.456 e. The lowest BCUT2D eigenvalue weighted by molar-refractivity contribution is -0.269. The van der Waals surface area contributed by atoms with Crippen LogP contribution in [0.15, 0.2) is 0 Å². The van der Waals surface area contributed by atoms with E-state index in [1.54, 1.807) is 34.7 Å². The first-order chi connectivity index (χ1) is 16.2. The second-order valence-electron chi connectivity index (χ2n) is 9.91. The molecule has 0 aromatic carbocycles. The fraction of sp³-hybridized carbons (Fsp3) is 0.792. The molecule has 0 radical (unpaired) electrons. The van der Waals surface area contributed by atoms with Crippen LogP contribution >= 0.6 is 0 Å². The SMILES string of the molecule is CC[C@H]1OC(C(=O)NCC(=O)CCCCC(=O)NNC)C(C)(C)[C@](C)(OC(C)=O)C1(C)NC(C)=O. The van der Waals surface area contributed by atoms with Crippen molar-refractivity contribution in [1.29, 1.82) is 0 Å². The minimum atomic E-state index is -1.31. The zero-order valence-corrected chi connectivity index (χ0v) is 22.3. The number of Topliss-reactive ketones (excluding diaryl/α,β-unsaturated/α-hetero) is 1. The first-order valence-electron chi connectivity index (χ1n) is 12.0. The predicted molar refractivity (Wildman–Crippen MR) is 129 cm³/mol. The van der Waals surface area contributed by atoms with Crippen LogP contribution in [0.2, 0.25) is 0 Å². The normalized spacial score (nSPS) is 27.4. The van der Waals surface area contributed by atoms with Crippen LogP contribution in [-0.2, 0) is 33.4 Å². The average Bonchev–Trinajstić information content (AvgIpc) is 2.73. The van der Waals surface area contributed by atoms with Gasteiger partial charge in [0.05, 0.1) is 12.6 Å². The highest BCUT2D eigenvalue weighted by molar-refractivity contribution is 5.88. The number of carbonyl (C=O) groups is 5. The number of hydrazine groups is 1. The molecule has 11 heteroatoms. The summed E-state index contributed by atoms with van der Waals surface area (Å²) in [5, 5.41) is 5.56. The molecule has 0 aromatic heterocycles. The lowest BCUT2D eigenvalue weighted by Gasteiger charge is -2.62. The maximum Gasteiger partial charge on any atom is 0.303 e. The van der Waals surface area contributed by atoms with Crippen molar-refractivity contribution in [2.24, 2.45) is 5.41 Å². The van der Waals surface area contributed by atoms with Gasteiger partial charge in [0.25, 0.3) is 0 Å². The summed E-state index contributed by atoms with van der Waals surface area (Å²) in [4.78, 5) is 61.1. The Labute approximate surface area is 207 Å². The molecule has 1 fully saturated rings. The van der Waals surface area contributed by atoms with Crippen molar-refractivity contribution in [3.05, 3.63) is 0 Å². The van der Waals surface area contributed by atoms with E-state index in [1.165, 1.54) is 13.8 Å². The van der Waals surface area contributed by atoms with E-state index in [0.29, 0.717) is 25.7 Å². The van der Waals surface area contributed by atoms with Crippen LogP contribution < -0.4 is 21.5 Å². The van der Waals surface area contributed by atoms with Crippen LogP contribution in [0.5, 0.6) is 0 Å². The quantitative estimate of drug-likeness (QED) is 0.176. The Kier molecular flexibility index (Phi) is 10.8. The van der Waals surface area contributed by atoms with Gasteiger partial charge in [0.15, 0.2) is 5.78 Å². The van der Waals surface area contributed by atoms with Gasteiger partial charge in [-0.2, -0.15) is 0 Å². The van der Waals surface area contributed by atoms with Crippen LogP contribution in [-0.4, -0.2) is 66.4 Å². The summed E-state index contributed by atoms with van der Waals surface area (Å²) in [6.07, 6.45) is 0.348. The van der Waals surface area contributed by atoms with Crippen molar-refractivity contribution in [1.82, 2.24) is 21.5 Å². The second kappa shape index (κ2) is 12.4. The number of amides is 3. The highest BCUT2D eigenvalue weighted by atomic mass is 16.6. The number of ether oxygens (including phenoxy) is 2. The maximum atomic E-state index is 13.2. The van der Waals surface area contributed by atoms with Gasteiger partial charge < -0.3 is 20.1 Å². The molecule has 1 rings (SSSR count). The third-order valence-corrected chi connectivity index (χ3v) is 7.05. The van der Waals surface area contributed by atoms with Gasteiger partial charge in [-0.15, -0.1) is 0 Å². The Morgan fingerprint density at radius 3 is 2.09 bits per heavy atom. The monoisotopic (exact) mass is 498 g/mol. The number of esters is 1. The van der Waals surface area contributed by atoms with Gasteiger partial charge in [-0.25, -0.2) is 5.43 Å². The zero-order chi connectivity index (χ0) is 27.0. The minimum Gasteiger partial charge on any atom is -0.456 e. The van der Waals surface area contributed by atoms with Gasteiger partial charge >= 0.3 is 5.97 Å². The van der Waals surface area contributed by atoms with Crippen molar-refractivity contribution in [3.8, 4) is 0 Å². The number of hydrogen-bond donors (Lipinski definition) is 4. The molecule has 1 heterocycles. The maximum absolute atomic E-state index is 13.2. The molecule has 1 aliphatic heterocycles. The molecule has 1 aliphatic rings. The smallest absolute Gasteiger partial charge is 0.303 e. The number of rotatable bonds is 12. The second-order valence-corrected chi connectivity index (χ2v) is 9.91. The lowest BCUT2D eigenvalue weighted by atomic mass is 9.58. The summed E-state index contributed by atoms with van der Waals surface area (Å²) in [7, 11) is 1.60. The van der Waals surface area contributed by atoms with Crippen LogP contribution in [0.25, 0.3) is 0 Å². The highest BCUT2D eigenvalue weighted by Gasteiger charge is 2.68. The van der Waals surface area contributed by atoms with Crippen molar-refractivity contribution in [3.63, 3.8) is 0 Å². The first kappa shape index (κ1) is 30.5. The summed E-state index contributed by atoms with van der Waals surface area (Å²) in [5.41, 5.74) is 1.51. The molecule has 0 spiro atoms. The summed E-state index contributed by atoms with van der Waals surface area (Å²) in [6.45, 7) is 11.3. The first-order valence-corrected chi connectivity index (χ1v) is 12.0. The van der Waals surface area contributed by atoms with E-state index >= 15 is 0 Å². The predicted octanol–water partition coefficient (Wildman–Crippen LogP) is 0.903. The highest BCUT2D eigenvalue weighted by Crippen LogP contribution is 2.52. The van der Waals surface area contributed by atoms with Crippen molar-refractivity contribution in [2.45, 2.75) is 104 Å². The summed E-state index contributed by atoms with van der Waals surface area (Å²) in [5.74, 6) is -1.69. The molecular formula is C24H42N4O7. The Morgan fingerprint density at radius 2 is 1.57 bits per heavy atom. The summed E-state index contributed by atoms with van der Waals surface area (Å²) in [6, 6.07) is 0. The van der Waals surface area contributed by atoms with E-state index < -0.39 is 40.6 Å². The Morgan fingerprint density at radius 1 is 0.971 bits per heavy atom. The van der Waals surface area contributed by atoms with Crippen LogP contribution in [0.4, 0.5) is 0 Å². The number of unbranched alkanes of at least 4 members (excludes halogenated alkanes) is 1. The lowest BCUT2D eigenvalue weighted by Crippen LogP contribution is -2.80. The van der Waals surface area contributed by atoms with Gasteiger partial charge in [0, 0.05) is 39.2 Å². The van der Waals surface area contributed by atoms with Crippen LogP contribution in [0.3, 0.4) is 0 Å². The molecule has 3 amide bonds. The molecule has 1 saturated heterocycles. The molecule has 11 nitrogen and oxygen atoms in total. The van der Waals surface area contributed by atoms with E-state index in [2.05, 4.69) is 21.5 Å². The molecule has 0 aliphatic carbocycles. The van der Waals surface area contributed by atoms with Crippen molar-refractivity contribution >= 4 is 29.5 Å². The number of carbonyl (C=O) groups excluding carboxylic acids is 5. The zero-order valence-electron chi connectivity index (χ0n) is 22.3. The molecule has 4 N–H and O–H groups in total. The molecule has 4 atom stereocenters. The Balaban J connectivity index is 2.97.